The molecule has 6 nitrogen and oxygen atoms in total. The van der Waals surface area contributed by atoms with Gasteiger partial charge in [-0.25, -0.2) is 0 Å². The van der Waals surface area contributed by atoms with Crippen LogP contribution in [0.3, 0.4) is 0 Å². The van der Waals surface area contributed by atoms with Gasteiger partial charge in [0.2, 0.25) is 5.91 Å². The quantitative estimate of drug-likeness (QED) is 0.719. The molecule has 6 heteroatoms. The van der Waals surface area contributed by atoms with E-state index in [4.69, 9.17) is 15.2 Å². The van der Waals surface area contributed by atoms with Gasteiger partial charge in [-0.2, -0.15) is 0 Å². The number of likely N-dealkylation sites (N-methyl/N-ethyl adjacent to an activating group) is 1. The van der Waals surface area contributed by atoms with E-state index in [9.17, 15) is 9.59 Å². The number of nitrogens with two attached hydrogens (primary N) is 1. The molecule has 2 atom stereocenters. The molecule has 2 amide bonds. The molecule has 0 bridgehead atoms. The Labute approximate surface area is 159 Å². The summed E-state index contributed by atoms with van der Waals surface area (Å²) in [6.07, 6.45) is 3.36. The molecule has 27 heavy (non-hydrogen) atoms. The van der Waals surface area contributed by atoms with Crippen molar-refractivity contribution in [2.45, 2.75) is 25.2 Å². The van der Waals surface area contributed by atoms with Gasteiger partial charge in [-0.15, -0.1) is 0 Å². The van der Waals surface area contributed by atoms with E-state index in [-0.39, 0.29) is 11.8 Å². The van der Waals surface area contributed by atoms with E-state index in [0.717, 1.165) is 11.1 Å². The molecule has 0 aromatic heterocycles. The van der Waals surface area contributed by atoms with Crippen molar-refractivity contribution in [3.63, 3.8) is 0 Å². The zero-order chi connectivity index (χ0) is 19.4. The monoisotopic (exact) mass is 370 g/mol. The molecule has 0 saturated carbocycles. The van der Waals surface area contributed by atoms with Crippen molar-refractivity contribution in [2.75, 3.05) is 27.4 Å². The van der Waals surface area contributed by atoms with E-state index in [2.05, 4.69) is 5.32 Å². The van der Waals surface area contributed by atoms with Gasteiger partial charge in [0.15, 0.2) is 0 Å². The molecule has 1 aliphatic carbocycles. The second-order valence-electron chi connectivity index (χ2n) is 7.06. The molecule has 1 aliphatic heterocycles. The molecule has 2 aliphatic rings. The smallest absolute Gasteiger partial charge is 0.254 e. The molecule has 1 heterocycles. The van der Waals surface area contributed by atoms with Crippen molar-refractivity contribution in [2.24, 2.45) is 11.1 Å². The van der Waals surface area contributed by atoms with Crippen LogP contribution in [0.5, 0.6) is 0 Å². The van der Waals surface area contributed by atoms with E-state index in [1.54, 1.807) is 20.2 Å². The van der Waals surface area contributed by atoms with Crippen molar-refractivity contribution >= 4 is 11.8 Å². The highest BCUT2D eigenvalue weighted by Crippen LogP contribution is 2.49. The van der Waals surface area contributed by atoms with Crippen LogP contribution in [0.1, 0.15) is 30.7 Å². The highest BCUT2D eigenvalue weighted by Gasteiger charge is 2.46. The molecule has 0 fully saturated rings. The zero-order valence-corrected chi connectivity index (χ0v) is 15.8. The van der Waals surface area contributed by atoms with E-state index in [1.807, 2.05) is 30.3 Å². The molecule has 144 valence electrons. The average molecular weight is 370 g/mol. The molecule has 0 saturated heterocycles. The van der Waals surface area contributed by atoms with Crippen LogP contribution in [0.25, 0.3) is 0 Å². The van der Waals surface area contributed by atoms with Gasteiger partial charge in [0.25, 0.3) is 5.91 Å². The first-order chi connectivity index (χ1) is 13.0. The normalized spacial score (nSPS) is 24.1. The number of nitrogens with one attached hydrogen (secondary N) is 1. The van der Waals surface area contributed by atoms with Gasteiger partial charge >= 0.3 is 0 Å². The summed E-state index contributed by atoms with van der Waals surface area (Å²) in [6, 6.07) is 10.00. The van der Waals surface area contributed by atoms with Crippen molar-refractivity contribution in [1.29, 1.82) is 0 Å². The van der Waals surface area contributed by atoms with Crippen LogP contribution < -0.4 is 11.1 Å². The van der Waals surface area contributed by atoms with Crippen molar-refractivity contribution < 1.29 is 19.1 Å². The average Bonchev–Trinajstić information content (AvgIpc) is 3.11. The number of carbonyl (C=O) groups excluding carboxylic acids is 2. The summed E-state index contributed by atoms with van der Waals surface area (Å²) in [5.74, 6) is -0.0962. The lowest BCUT2D eigenvalue weighted by Crippen LogP contribution is -2.40. The van der Waals surface area contributed by atoms with Crippen LogP contribution in [0.15, 0.2) is 53.3 Å². The number of primary amides is 1. The van der Waals surface area contributed by atoms with Gasteiger partial charge in [0.05, 0.1) is 17.6 Å². The molecular formula is C21H26N2O4. The van der Waals surface area contributed by atoms with E-state index in [0.29, 0.717) is 43.8 Å². The maximum atomic E-state index is 12.5. The molecule has 3 N–H and O–H groups in total. The van der Waals surface area contributed by atoms with Crippen LogP contribution >= 0.6 is 0 Å². The van der Waals surface area contributed by atoms with Gasteiger partial charge in [0.1, 0.15) is 5.76 Å². The third-order valence-electron chi connectivity index (χ3n) is 5.41. The zero-order valence-electron chi connectivity index (χ0n) is 15.8. The van der Waals surface area contributed by atoms with Crippen LogP contribution in [0.2, 0.25) is 0 Å². The van der Waals surface area contributed by atoms with Gasteiger partial charge in [-0.3, -0.25) is 9.59 Å². The minimum absolute atomic E-state index is 0.00991. The maximum absolute atomic E-state index is 12.5. The predicted octanol–water partition coefficient (Wildman–Crippen LogP) is 2.03. The van der Waals surface area contributed by atoms with Crippen molar-refractivity contribution in [3.05, 3.63) is 58.9 Å². The summed E-state index contributed by atoms with van der Waals surface area (Å²) >= 11 is 0. The second-order valence-corrected chi connectivity index (χ2v) is 7.06. The van der Waals surface area contributed by atoms with E-state index < -0.39 is 11.3 Å². The second kappa shape index (κ2) is 7.96. The first-order valence-electron chi connectivity index (χ1n) is 9.17. The lowest BCUT2D eigenvalue weighted by molar-refractivity contribution is -0.125. The summed E-state index contributed by atoms with van der Waals surface area (Å²) in [4.78, 5) is 25.0. The third kappa shape index (κ3) is 3.62. The Hall–Kier alpha value is -2.60. The lowest BCUT2D eigenvalue weighted by atomic mass is 9.69. The fourth-order valence-corrected chi connectivity index (χ4v) is 3.97. The highest BCUT2D eigenvalue weighted by molar-refractivity contribution is 5.99. The number of methoxy groups -OCH3 is 1. The Morgan fingerprint density at radius 3 is 2.70 bits per heavy atom. The highest BCUT2D eigenvalue weighted by atomic mass is 16.5. The van der Waals surface area contributed by atoms with Crippen LogP contribution in [0.4, 0.5) is 0 Å². The third-order valence-corrected chi connectivity index (χ3v) is 5.41. The van der Waals surface area contributed by atoms with Crippen molar-refractivity contribution in [1.82, 2.24) is 5.32 Å². The largest absolute Gasteiger partial charge is 0.492 e. The standard InChI is InChI=1S/C21H26N2O4/c1-23-19(24)16-12-21(20(22)25,9-6-10-26-2)11-15-17(13-27-18(15)16)14-7-4-3-5-8-14/h3-5,7-8,12,17H,6,9-11,13H2,1-2H3,(H2,22,25)(H,23,24). The van der Waals surface area contributed by atoms with Crippen molar-refractivity contribution in [3.8, 4) is 0 Å². The first-order valence-corrected chi connectivity index (χ1v) is 9.17. The number of carbonyl (C=O) groups is 2. The molecule has 3 rings (SSSR count). The summed E-state index contributed by atoms with van der Waals surface area (Å²) < 4.78 is 11.1. The van der Waals surface area contributed by atoms with Crippen LogP contribution in [0, 0.1) is 5.41 Å². The molecule has 1 aromatic carbocycles. The Morgan fingerprint density at radius 2 is 2.07 bits per heavy atom. The van der Waals surface area contributed by atoms with Crippen LogP contribution in [-0.4, -0.2) is 39.2 Å². The van der Waals surface area contributed by atoms with Gasteiger partial charge < -0.3 is 20.5 Å². The molecule has 0 spiro atoms. The molecular weight excluding hydrogens is 344 g/mol. The maximum Gasteiger partial charge on any atom is 0.254 e. The number of amides is 2. The molecule has 1 aromatic rings. The number of benzene rings is 1. The molecule has 0 radical (unpaired) electrons. The minimum atomic E-state index is -0.917. The molecule has 2 unspecified atom stereocenters. The SMILES string of the molecule is CNC(=O)C1=CC(CCCOC)(C(N)=O)CC2=C1OCC2c1ccccc1. The van der Waals surface area contributed by atoms with Gasteiger partial charge in [-0.1, -0.05) is 36.4 Å². The minimum Gasteiger partial charge on any atom is -0.492 e. The Bertz CT molecular complexity index is 785. The van der Waals surface area contributed by atoms with E-state index in [1.165, 1.54) is 0 Å². The number of ether oxygens (including phenoxy) is 2. The van der Waals surface area contributed by atoms with Gasteiger partial charge in [0, 0.05) is 26.7 Å². The lowest BCUT2D eigenvalue weighted by Gasteiger charge is -2.33. The summed E-state index contributed by atoms with van der Waals surface area (Å²) in [5, 5.41) is 2.65. The Morgan fingerprint density at radius 1 is 1.33 bits per heavy atom. The topological polar surface area (TPSA) is 90.6 Å². The summed E-state index contributed by atoms with van der Waals surface area (Å²) in [7, 11) is 3.19. The van der Waals surface area contributed by atoms with Gasteiger partial charge in [-0.05, 0) is 30.4 Å². The number of hydrogen-bond donors (Lipinski definition) is 2. The Kier molecular flexibility index (Phi) is 5.65. The predicted molar refractivity (Wildman–Crippen MR) is 102 cm³/mol. The first kappa shape index (κ1) is 19.2. The fourth-order valence-electron chi connectivity index (χ4n) is 3.97. The Balaban J connectivity index is 2.04. The van der Waals surface area contributed by atoms with E-state index >= 15 is 0 Å². The summed E-state index contributed by atoms with van der Waals surface area (Å²) in [6.45, 7) is 0.985. The number of hydrogen-bond acceptors (Lipinski definition) is 4. The summed E-state index contributed by atoms with van der Waals surface area (Å²) in [5.41, 5.74) is 7.39. The fraction of sp³-hybridized carbons (Fsp3) is 0.429. The number of rotatable bonds is 7. The van der Waals surface area contributed by atoms with Crippen LogP contribution in [-0.2, 0) is 19.1 Å².